The normalized spacial score (nSPS) is 12.0. The lowest BCUT2D eigenvalue weighted by molar-refractivity contribution is -0.485. The van der Waals surface area contributed by atoms with Gasteiger partial charge in [0.2, 0.25) is 6.54 Å². The van der Waals surface area contributed by atoms with Crippen LogP contribution in [0.25, 0.3) is 0 Å². The zero-order valence-corrected chi connectivity index (χ0v) is 5.91. The van der Waals surface area contributed by atoms with Crippen molar-refractivity contribution in [3.05, 3.63) is 10.1 Å². The number of nitriles is 1. The van der Waals surface area contributed by atoms with Gasteiger partial charge in [-0.2, -0.15) is 5.26 Å². The van der Waals surface area contributed by atoms with Crippen LogP contribution in [-0.4, -0.2) is 11.5 Å². The van der Waals surface area contributed by atoms with Gasteiger partial charge in [0, 0.05) is 4.92 Å². The fraction of sp³-hybridized carbons (Fsp3) is 0.833. The third-order valence-corrected chi connectivity index (χ3v) is 1.19. The maximum absolute atomic E-state index is 9.90. The average molecular weight is 142 g/mol. The highest BCUT2D eigenvalue weighted by molar-refractivity contribution is 4.81. The molecule has 0 radical (unpaired) electrons. The second-order valence-electron chi connectivity index (χ2n) is 2.13. The van der Waals surface area contributed by atoms with Crippen molar-refractivity contribution in [2.75, 3.05) is 6.54 Å². The lowest BCUT2D eigenvalue weighted by Crippen LogP contribution is -2.11. The van der Waals surface area contributed by atoms with Crippen LogP contribution in [0.1, 0.15) is 19.8 Å². The van der Waals surface area contributed by atoms with E-state index in [1.807, 2.05) is 13.0 Å². The highest BCUT2D eigenvalue weighted by Crippen LogP contribution is 2.03. The van der Waals surface area contributed by atoms with E-state index in [9.17, 15) is 10.1 Å². The molecule has 0 saturated carbocycles. The van der Waals surface area contributed by atoms with Crippen LogP contribution < -0.4 is 0 Å². The highest BCUT2D eigenvalue weighted by Gasteiger charge is 2.11. The van der Waals surface area contributed by atoms with Crippen molar-refractivity contribution in [3.63, 3.8) is 0 Å². The summed E-state index contributed by atoms with van der Waals surface area (Å²) in [6.07, 6.45) is 1.45. The molecule has 0 bridgehead atoms. The number of hydrogen-bond acceptors (Lipinski definition) is 3. The molecule has 4 heteroatoms. The molecule has 56 valence electrons. The van der Waals surface area contributed by atoms with E-state index in [4.69, 9.17) is 5.26 Å². The molecule has 0 saturated heterocycles. The Morgan fingerprint density at radius 3 is 2.70 bits per heavy atom. The van der Waals surface area contributed by atoms with Gasteiger partial charge in [0.05, 0.1) is 6.07 Å². The van der Waals surface area contributed by atoms with Crippen LogP contribution in [0.5, 0.6) is 0 Å². The van der Waals surface area contributed by atoms with Crippen molar-refractivity contribution in [2.24, 2.45) is 5.92 Å². The molecular weight excluding hydrogens is 132 g/mol. The molecule has 0 aliphatic rings. The van der Waals surface area contributed by atoms with Gasteiger partial charge in [-0.1, -0.05) is 13.3 Å². The number of nitrogens with zero attached hydrogens (tertiary/aromatic N) is 2. The Labute approximate surface area is 59.6 Å². The van der Waals surface area contributed by atoms with Gasteiger partial charge in [-0.05, 0) is 6.42 Å². The van der Waals surface area contributed by atoms with Crippen molar-refractivity contribution < 1.29 is 4.92 Å². The van der Waals surface area contributed by atoms with Crippen molar-refractivity contribution in [1.29, 1.82) is 5.26 Å². The molecule has 10 heavy (non-hydrogen) atoms. The van der Waals surface area contributed by atoms with E-state index < -0.39 is 10.8 Å². The SMILES string of the molecule is CCC[C@H](C#N)C[N+](=O)[O-]. The molecule has 0 fully saturated rings. The summed E-state index contributed by atoms with van der Waals surface area (Å²) in [6, 6.07) is 1.89. The second kappa shape index (κ2) is 4.74. The van der Waals surface area contributed by atoms with Crippen LogP contribution in [0.2, 0.25) is 0 Å². The van der Waals surface area contributed by atoms with Gasteiger partial charge in [0.25, 0.3) is 0 Å². The maximum atomic E-state index is 9.90. The Kier molecular flexibility index (Phi) is 4.21. The van der Waals surface area contributed by atoms with E-state index >= 15 is 0 Å². The maximum Gasteiger partial charge on any atom is 0.219 e. The summed E-state index contributed by atoms with van der Waals surface area (Å²) < 4.78 is 0. The molecule has 0 rings (SSSR count). The lowest BCUT2D eigenvalue weighted by atomic mass is 10.1. The summed E-state index contributed by atoms with van der Waals surface area (Å²) in [5.41, 5.74) is 0. The van der Waals surface area contributed by atoms with Crippen molar-refractivity contribution in [1.82, 2.24) is 0 Å². The zero-order chi connectivity index (χ0) is 7.98. The van der Waals surface area contributed by atoms with E-state index in [2.05, 4.69) is 0 Å². The van der Waals surface area contributed by atoms with Gasteiger partial charge in [0.15, 0.2) is 0 Å². The largest absolute Gasteiger partial charge is 0.264 e. The quantitative estimate of drug-likeness (QED) is 0.437. The molecule has 4 nitrogen and oxygen atoms in total. The first kappa shape index (κ1) is 8.89. The standard InChI is InChI=1S/C6H10N2O2/c1-2-3-6(4-7)5-8(9)10/h6H,2-3,5H2,1H3/t6-/m1/s1. The molecule has 0 aliphatic carbocycles. The zero-order valence-electron chi connectivity index (χ0n) is 5.91. The van der Waals surface area contributed by atoms with E-state index in [1.54, 1.807) is 0 Å². The molecule has 0 unspecified atom stereocenters. The van der Waals surface area contributed by atoms with Crippen LogP contribution >= 0.6 is 0 Å². The summed E-state index contributed by atoms with van der Waals surface area (Å²) in [6.45, 7) is 1.69. The van der Waals surface area contributed by atoms with Crippen molar-refractivity contribution in [2.45, 2.75) is 19.8 Å². The van der Waals surface area contributed by atoms with E-state index in [-0.39, 0.29) is 6.54 Å². The number of nitro groups is 1. The Hall–Kier alpha value is -1.11. The monoisotopic (exact) mass is 142 g/mol. The highest BCUT2D eigenvalue weighted by atomic mass is 16.6. The van der Waals surface area contributed by atoms with Crippen LogP contribution in [0, 0.1) is 27.4 Å². The van der Waals surface area contributed by atoms with Crippen LogP contribution in [0.3, 0.4) is 0 Å². The first-order chi connectivity index (χ1) is 4.70. The van der Waals surface area contributed by atoms with Gasteiger partial charge in [0.1, 0.15) is 5.92 Å². The predicted octanol–water partition coefficient (Wildman–Crippen LogP) is 1.20. The first-order valence-corrected chi connectivity index (χ1v) is 3.22. The minimum Gasteiger partial charge on any atom is -0.264 e. The summed E-state index contributed by atoms with van der Waals surface area (Å²) in [7, 11) is 0. The molecular formula is C6H10N2O2. The molecule has 0 amide bonds. The molecule has 1 atom stereocenters. The Morgan fingerprint density at radius 1 is 1.80 bits per heavy atom. The second-order valence-corrected chi connectivity index (χ2v) is 2.13. The van der Waals surface area contributed by atoms with E-state index in [0.29, 0.717) is 6.42 Å². The molecule has 0 aliphatic heterocycles. The summed E-state index contributed by atoms with van der Waals surface area (Å²) in [5.74, 6) is -0.403. The van der Waals surface area contributed by atoms with Gasteiger partial charge in [-0.3, -0.25) is 10.1 Å². The van der Waals surface area contributed by atoms with Gasteiger partial charge in [-0.25, -0.2) is 0 Å². The third kappa shape index (κ3) is 3.84. The molecule has 0 spiro atoms. The summed E-state index contributed by atoms with van der Waals surface area (Å²) in [4.78, 5) is 9.46. The van der Waals surface area contributed by atoms with Crippen molar-refractivity contribution in [3.8, 4) is 6.07 Å². The minimum absolute atomic E-state index is 0.218. The molecule has 0 aromatic carbocycles. The number of hydrogen-bond donors (Lipinski definition) is 0. The Morgan fingerprint density at radius 2 is 2.40 bits per heavy atom. The smallest absolute Gasteiger partial charge is 0.219 e. The summed E-state index contributed by atoms with van der Waals surface area (Å²) >= 11 is 0. The van der Waals surface area contributed by atoms with Gasteiger partial charge in [-0.15, -0.1) is 0 Å². The minimum atomic E-state index is -0.441. The summed E-state index contributed by atoms with van der Waals surface area (Å²) in [5, 5.41) is 18.2. The van der Waals surface area contributed by atoms with E-state index in [0.717, 1.165) is 6.42 Å². The molecule has 0 aromatic rings. The topological polar surface area (TPSA) is 66.9 Å². The van der Waals surface area contributed by atoms with Crippen molar-refractivity contribution >= 4 is 0 Å². The van der Waals surface area contributed by atoms with Crippen LogP contribution in [-0.2, 0) is 0 Å². The molecule has 0 heterocycles. The Bertz CT molecular complexity index is 150. The van der Waals surface area contributed by atoms with Gasteiger partial charge < -0.3 is 0 Å². The lowest BCUT2D eigenvalue weighted by Gasteiger charge is -1.98. The van der Waals surface area contributed by atoms with E-state index in [1.165, 1.54) is 0 Å². The molecule has 0 aromatic heterocycles. The third-order valence-electron chi connectivity index (χ3n) is 1.19. The first-order valence-electron chi connectivity index (χ1n) is 3.22. The average Bonchev–Trinajstić information content (AvgIpc) is 1.86. The van der Waals surface area contributed by atoms with Gasteiger partial charge >= 0.3 is 0 Å². The fourth-order valence-corrected chi connectivity index (χ4v) is 0.725. The predicted molar refractivity (Wildman–Crippen MR) is 35.9 cm³/mol. The van der Waals surface area contributed by atoms with Crippen LogP contribution in [0.15, 0.2) is 0 Å². The fourth-order valence-electron chi connectivity index (χ4n) is 0.725. The van der Waals surface area contributed by atoms with Crippen LogP contribution in [0.4, 0.5) is 0 Å². The number of rotatable bonds is 4. The Balaban J connectivity index is 3.63. The molecule has 0 N–H and O–H groups in total.